The van der Waals surface area contributed by atoms with E-state index >= 15 is 0 Å². The highest BCUT2D eigenvalue weighted by Gasteiger charge is 2.41. The van der Waals surface area contributed by atoms with Crippen molar-refractivity contribution in [2.24, 2.45) is 18.7 Å². The third kappa shape index (κ3) is 1.48. The first-order valence-electron chi connectivity index (χ1n) is 6.21. The largest absolute Gasteiger partial charge is 0.336 e. The third-order valence-corrected chi connectivity index (χ3v) is 4.27. The number of nitrogens with two attached hydrogens (primary N) is 1. The number of imidazole rings is 1. The van der Waals surface area contributed by atoms with Crippen LogP contribution in [0.2, 0.25) is 0 Å². The van der Waals surface area contributed by atoms with Gasteiger partial charge in [0.25, 0.3) is 0 Å². The van der Waals surface area contributed by atoms with Crippen molar-refractivity contribution in [2.45, 2.75) is 31.3 Å². The summed E-state index contributed by atoms with van der Waals surface area (Å²) in [6.45, 7) is 1.93. The van der Waals surface area contributed by atoms with Crippen molar-refractivity contribution in [3.8, 4) is 0 Å². The van der Waals surface area contributed by atoms with Gasteiger partial charge < -0.3 is 10.3 Å². The minimum absolute atomic E-state index is 0.364. The van der Waals surface area contributed by atoms with Crippen molar-refractivity contribution < 1.29 is 0 Å². The fourth-order valence-corrected chi connectivity index (χ4v) is 3.46. The van der Waals surface area contributed by atoms with E-state index in [4.69, 9.17) is 5.73 Å². The molecule has 4 nitrogen and oxygen atoms in total. The summed E-state index contributed by atoms with van der Waals surface area (Å²) < 4.78 is 2.10. The molecule has 88 valence electrons. The Morgan fingerprint density at radius 1 is 1.56 bits per heavy atom. The molecule has 2 fully saturated rings. The van der Waals surface area contributed by atoms with Gasteiger partial charge in [-0.2, -0.15) is 0 Å². The van der Waals surface area contributed by atoms with Gasteiger partial charge in [-0.25, -0.2) is 4.98 Å². The topological polar surface area (TPSA) is 47.1 Å². The van der Waals surface area contributed by atoms with Crippen LogP contribution in [0.25, 0.3) is 0 Å². The lowest BCUT2D eigenvalue weighted by atomic mass is 10.1. The van der Waals surface area contributed by atoms with Gasteiger partial charge in [-0.1, -0.05) is 0 Å². The van der Waals surface area contributed by atoms with Gasteiger partial charge in [-0.05, 0) is 25.2 Å². The first-order chi connectivity index (χ1) is 7.79. The predicted molar refractivity (Wildman–Crippen MR) is 62.8 cm³/mol. The molecule has 2 N–H and O–H groups in total. The molecule has 2 bridgehead atoms. The molecule has 1 saturated carbocycles. The molecule has 3 rings (SSSR count). The molecular formula is C12H20N4. The van der Waals surface area contributed by atoms with Crippen LogP contribution in [0.1, 0.15) is 31.0 Å². The van der Waals surface area contributed by atoms with Gasteiger partial charge in [0, 0.05) is 32.4 Å². The maximum Gasteiger partial charge on any atom is 0.0946 e. The van der Waals surface area contributed by atoms with Crippen LogP contribution < -0.4 is 5.73 Å². The van der Waals surface area contributed by atoms with E-state index in [1.165, 1.54) is 31.5 Å². The van der Waals surface area contributed by atoms with Crippen LogP contribution in [-0.4, -0.2) is 33.6 Å². The zero-order valence-corrected chi connectivity index (χ0v) is 9.84. The molecule has 3 atom stereocenters. The minimum atomic E-state index is 0.364. The standard InChI is InChI=1S/C12H20N4/c1-15-8-14-6-12(15)11(5-13)16-7-9-2-3-10(16)4-9/h6,8-11H,2-5,7,13H2,1H3. The number of hydrogen-bond acceptors (Lipinski definition) is 3. The second kappa shape index (κ2) is 3.86. The molecule has 1 aromatic heterocycles. The number of aromatic nitrogens is 2. The Labute approximate surface area is 96.4 Å². The Balaban J connectivity index is 1.84. The van der Waals surface area contributed by atoms with Gasteiger partial charge in [0.2, 0.25) is 0 Å². The molecule has 4 heteroatoms. The molecule has 1 aliphatic heterocycles. The van der Waals surface area contributed by atoms with Crippen molar-refractivity contribution in [3.63, 3.8) is 0 Å². The van der Waals surface area contributed by atoms with E-state index < -0.39 is 0 Å². The number of aryl methyl sites for hydroxylation is 1. The number of nitrogens with zero attached hydrogens (tertiary/aromatic N) is 3. The summed E-state index contributed by atoms with van der Waals surface area (Å²) in [5, 5.41) is 0. The van der Waals surface area contributed by atoms with Crippen molar-refractivity contribution in [3.05, 3.63) is 18.2 Å². The van der Waals surface area contributed by atoms with E-state index in [1.54, 1.807) is 0 Å². The van der Waals surface area contributed by atoms with Gasteiger partial charge in [0.15, 0.2) is 0 Å². The molecule has 0 amide bonds. The van der Waals surface area contributed by atoms with Gasteiger partial charge in [0.05, 0.1) is 18.1 Å². The van der Waals surface area contributed by atoms with Crippen LogP contribution in [0, 0.1) is 5.92 Å². The predicted octanol–water partition coefficient (Wildman–Crippen LogP) is 0.904. The van der Waals surface area contributed by atoms with Gasteiger partial charge >= 0.3 is 0 Å². The lowest BCUT2D eigenvalue weighted by Gasteiger charge is -2.34. The van der Waals surface area contributed by atoms with Gasteiger partial charge in [-0.15, -0.1) is 0 Å². The molecule has 0 spiro atoms. The van der Waals surface area contributed by atoms with E-state index in [2.05, 4.69) is 21.5 Å². The second-order valence-corrected chi connectivity index (χ2v) is 5.21. The maximum atomic E-state index is 5.96. The highest BCUT2D eigenvalue weighted by molar-refractivity contribution is 5.09. The van der Waals surface area contributed by atoms with E-state index in [0.717, 1.165) is 12.0 Å². The summed E-state index contributed by atoms with van der Waals surface area (Å²) in [7, 11) is 2.05. The molecule has 1 aliphatic carbocycles. The smallest absolute Gasteiger partial charge is 0.0946 e. The Morgan fingerprint density at radius 3 is 2.94 bits per heavy atom. The molecule has 3 unspecified atom stereocenters. The van der Waals surface area contributed by atoms with Crippen LogP contribution in [0.5, 0.6) is 0 Å². The van der Waals surface area contributed by atoms with Crippen LogP contribution in [0.15, 0.2) is 12.5 Å². The van der Waals surface area contributed by atoms with Crippen LogP contribution in [0.3, 0.4) is 0 Å². The zero-order valence-electron chi connectivity index (χ0n) is 9.84. The zero-order chi connectivity index (χ0) is 11.1. The fraction of sp³-hybridized carbons (Fsp3) is 0.750. The number of rotatable bonds is 3. The highest BCUT2D eigenvalue weighted by atomic mass is 15.2. The Morgan fingerprint density at radius 2 is 2.44 bits per heavy atom. The maximum absolute atomic E-state index is 5.96. The van der Waals surface area contributed by atoms with Crippen molar-refractivity contribution in [1.29, 1.82) is 0 Å². The monoisotopic (exact) mass is 220 g/mol. The summed E-state index contributed by atoms with van der Waals surface area (Å²) in [5.41, 5.74) is 7.22. The van der Waals surface area contributed by atoms with E-state index in [1.807, 2.05) is 12.5 Å². The minimum Gasteiger partial charge on any atom is -0.336 e. The van der Waals surface area contributed by atoms with Gasteiger partial charge in [-0.3, -0.25) is 4.90 Å². The first kappa shape index (κ1) is 10.3. The summed E-state index contributed by atoms with van der Waals surface area (Å²) in [4.78, 5) is 6.81. The lowest BCUT2D eigenvalue weighted by molar-refractivity contribution is 0.148. The fourth-order valence-electron chi connectivity index (χ4n) is 3.46. The average molecular weight is 220 g/mol. The molecule has 1 saturated heterocycles. The second-order valence-electron chi connectivity index (χ2n) is 5.21. The third-order valence-electron chi connectivity index (χ3n) is 4.27. The molecular weight excluding hydrogens is 200 g/mol. The summed E-state index contributed by atoms with van der Waals surface area (Å²) in [6, 6.07) is 1.14. The first-order valence-corrected chi connectivity index (χ1v) is 6.21. The number of hydrogen-bond donors (Lipinski definition) is 1. The molecule has 2 aliphatic rings. The highest BCUT2D eigenvalue weighted by Crippen LogP contribution is 2.41. The molecule has 2 heterocycles. The number of piperidine rings is 1. The molecule has 0 aromatic carbocycles. The normalized spacial score (nSPS) is 31.1. The quantitative estimate of drug-likeness (QED) is 0.823. The molecule has 16 heavy (non-hydrogen) atoms. The van der Waals surface area contributed by atoms with Crippen LogP contribution >= 0.6 is 0 Å². The number of fused-ring (bicyclic) bond motifs is 2. The summed E-state index contributed by atoms with van der Waals surface area (Å²) in [6.07, 6.45) is 7.99. The van der Waals surface area contributed by atoms with E-state index in [0.29, 0.717) is 12.6 Å². The number of likely N-dealkylation sites (tertiary alicyclic amines) is 1. The lowest BCUT2D eigenvalue weighted by Crippen LogP contribution is -2.40. The average Bonchev–Trinajstić information content (AvgIpc) is 2.97. The van der Waals surface area contributed by atoms with E-state index in [9.17, 15) is 0 Å². The van der Waals surface area contributed by atoms with Crippen molar-refractivity contribution >= 4 is 0 Å². The van der Waals surface area contributed by atoms with E-state index in [-0.39, 0.29) is 0 Å². The Kier molecular flexibility index (Phi) is 2.48. The van der Waals surface area contributed by atoms with Crippen molar-refractivity contribution in [2.75, 3.05) is 13.1 Å². The SMILES string of the molecule is Cn1cncc1C(CN)N1CC2CCC1C2. The Hall–Kier alpha value is -0.870. The summed E-state index contributed by atoms with van der Waals surface area (Å²) >= 11 is 0. The van der Waals surface area contributed by atoms with Crippen LogP contribution in [-0.2, 0) is 7.05 Å². The molecule has 0 radical (unpaired) electrons. The van der Waals surface area contributed by atoms with Crippen LogP contribution in [0.4, 0.5) is 0 Å². The molecule has 1 aromatic rings. The van der Waals surface area contributed by atoms with Crippen molar-refractivity contribution in [1.82, 2.24) is 14.5 Å². The Bertz CT molecular complexity index is 373. The van der Waals surface area contributed by atoms with Gasteiger partial charge in [0.1, 0.15) is 0 Å². The summed E-state index contributed by atoms with van der Waals surface area (Å²) in [5.74, 6) is 0.923.